The lowest BCUT2D eigenvalue weighted by Gasteiger charge is -2.06. The Morgan fingerprint density at radius 2 is 1.91 bits per heavy atom. The maximum absolute atomic E-state index is 11.9. The molecule has 3 aromatic rings. The van der Waals surface area contributed by atoms with Crippen LogP contribution in [0.1, 0.15) is 13.3 Å². The standard InChI is InChI=1S/C18H20N2OS/c1-3-20-16-7-5-4-6-14(16)15-12-13(8-9-17(15)20)19-18(21)10-11-22-2/h4-9,12H,3,10-11H2,1-2H3,(H,19,21). The molecule has 1 amide bonds. The average molecular weight is 312 g/mol. The van der Waals surface area contributed by atoms with Gasteiger partial charge in [-0.2, -0.15) is 11.8 Å². The first-order valence-electron chi connectivity index (χ1n) is 7.54. The molecule has 0 spiro atoms. The third-order valence-electron chi connectivity index (χ3n) is 3.91. The number of carbonyl (C=O) groups is 1. The van der Waals surface area contributed by atoms with E-state index in [0.717, 1.165) is 18.0 Å². The van der Waals surface area contributed by atoms with E-state index in [9.17, 15) is 4.79 Å². The van der Waals surface area contributed by atoms with Crippen molar-refractivity contribution in [2.24, 2.45) is 0 Å². The van der Waals surface area contributed by atoms with E-state index < -0.39 is 0 Å². The molecule has 0 aliphatic rings. The first kappa shape index (κ1) is 15.0. The van der Waals surface area contributed by atoms with Crippen LogP contribution in [0.15, 0.2) is 42.5 Å². The van der Waals surface area contributed by atoms with Gasteiger partial charge in [-0.15, -0.1) is 0 Å². The van der Waals surface area contributed by atoms with Gasteiger partial charge in [0.05, 0.1) is 0 Å². The summed E-state index contributed by atoms with van der Waals surface area (Å²) in [6.07, 6.45) is 2.56. The molecular formula is C18H20N2OS. The van der Waals surface area contributed by atoms with Gasteiger partial charge >= 0.3 is 0 Å². The van der Waals surface area contributed by atoms with Crippen molar-refractivity contribution in [2.75, 3.05) is 17.3 Å². The van der Waals surface area contributed by atoms with Gasteiger partial charge in [0, 0.05) is 46.2 Å². The summed E-state index contributed by atoms with van der Waals surface area (Å²) in [6.45, 7) is 3.09. The number of aromatic nitrogens is 1. The van der Waals surface area contributed by atoms with Gasteiger partial charge in [-0.3, -0.25) is 4.79 Å². The Kier molecular flexibility index (Phi) is 4.39. The van der Waals surface area contributed by atoms with Crippen molar-refractivity contribution in [3.8, 4) is 0 Å². The van der Waals surface area contributed by atoms with E-state index in [1.54, 1.807) is 11.8 Å². The number of nitrogens with zero attached hydrogens (tertiary/aromatic N) is 1. The van der Waals surface area contributed by atoms with E-state index in [4.69, 9.17) is 0 Å². The number of carbonyl (C=O) groups excluding carboxylic acids is 1. The summed E-state index contributed by atoms with van der Waals surface area (Å²) in [5.74, 6) is 0.927. The van der Waals surface area contributed by atoms with Crippen molar-refractivity contribution in [1.29, 1.82) is 0 Å². The Balaban J connectivity index is 2.02. The molecule has 1 heterocycles. The zero-order valence-electron chi connectivity index (χ0n) is 12.9. The summed E-state index contributed by atoms with van der Waals surface area (Å²) >= 11 is 1.69. The van der Waals surface area contributed by atoms with Crippen LogP contribution < -0.4 is 5.32 Å². The van der Waals surface area contributed by atoms with Crippen LogP contribution in [0.3, 0.4) is 0 Å². The summed E-state index contributed by atoms with van der Waals surface area (Å²) in [5.41, 5.74) is 3.33. The van der Waals surface area contributed by atoms with E-state index >= 15 is 0 Å². The van der Waals surface area contributed by atoms with Gasteiger partial charge in [-0.25, -0.2) is 0 Å². The third-order valence-corrected chi connectivity index (χ3v) is 4.52. The number of nitrogens with one attached hydrogen (secondary N) is 1. The molecular weight excluding hydrogens is 292 g/mol. The molecule has 0 bridgehead atoms. The summed E-state index contributed by atoms with van der Waals surface area (Å²) in [5, 5.41) is 5.43. The Hall–Kier alpha value is -1.94. The molecule has 4 heteroatoms. The van der Waals surface area contributed by atoms with Gasteiger partial charge in [-0.1, -0.05) is 18.2 Å². The molecule has 0 atom stereocenters. The van der Waals surface area contributed by atoms with Gasteiger partial charge in [-0.05, 0) is 37.4 Å². The van der Waals surface area contributed by atoms with Crippen LogP contribution in [0.25, 0.3) is 21.8 Å². The lowest BCUT2D eigenvalue weighted by atomic mass is 10.1. The molecule has 3 rings (SSSR count). The quantitative estimate of drug-likeness (QED) is 0.752. The molecule has 0 aliphatic carbocycles. The van der Waals surface area contributed by atoms with Crippen LogP contribution >= 0.6 is 11.8 Å². The van der Waals surface area contributed by atoms with Crippen molar-refractivity contribution in [3.05, 3.63) is 42.5 Å². The average Bonchev–Trinajstić information content (AvgIpc) is 2.86. The van der Waals surface area contributed by atoms with Crippen LogP contribution in [0, 0.1) is 0 Å². The molecule has 22 heavy (non-hydrogen) atoms. The van der Waals surface area contributed by atoms with Gasteiger partial charge in [0.2, 0.25) is 5.91 Å². The summed E-state index contributed by atoms with van der Waals surface area (Å²) in [6, 6.07) is 14.6. The van der Waals surface area contributed by atoms with E-state index in [0.29, 0.717) is 6.42 Å². The Bertz CT molecular complexity index is 822. The predicted molar refractivity (Wildman–Crippen MR) is 96.7 cm³/mol. The van der Waals surface area contributed by atoms with E-state index in [-0.39, 0.29) is 5.91 Å². The number of aryl methyl sites for hydroxylation is 1. The van der Waals surface area contributed by atoms with Crippen molar-refractivity contribution >= 4 is 45.2 Å². The Morgan fingerprint density at radius 1 is 1.14 bits per heavy atom. The molecule has 1 aromatic heterocycles. The van der Waals surface area contributed by atoms with Crippen molar-refractivity contribution in [2.45, 2.75) is 19.9 Å². The highest BCUT2D eigenvalue weighted by atomic mass is 32.2. The molecule has 2 aromatic carbocycles. The van der Waals surface area contributed by atoms with Crippen molar-refractivity contribution in [1.82, 2.24) is 4.57 Å². The Morgan fingerprint density at radius 3 is 2.68 bits per heavy atom. The fourth-order valence-electron chi connectivity index (χ4n) is 2.89. The van der Waals surface area contributed by atoms with Gasteiger partial charge in [0.15, 0.2) is 0 Å². The van der Waals surface area contributed by atoms with Gasteiger partial charge in [0.25, 0.3) is 0 Å². The topological polar surface area (TPSA) is 34.0 Å². The lowest BCUT2D eigenvalue weighted by Crippen LogP contribution is -2.11. The molecule has 0 fully saturated rings. The van der Waals surface area contributed by atoms with Crippen LogP contribution in [0.5, 0.6) is 0 Å². The maximum atomic E-state index is 11.9. The number of fused-ring (bicyclic) bond motifs is 3. The number of rotatable bonds is 5. The van der Waals surface area contributed by atoms with E-state index in [1.165, 1.54) is 21.8 Å². The zero-order valence-corrected chi connectivity index (χ0v) is 13.7. The number of anilines is 1. The highest BCUT2D eigenvalue weighted by Gasteiger charge is 2.10. The molecule has 0 radical (unpaired) electrons. The molecule has 0 saturated carbocycles. The third kappa shape index (κ3) is 2.71. The van der Waals surface area contributed by atoms with Crippen LogP contribution in [0.4, 0.5) is 5.69 Å². The predicted octanol–water partition coefficient (Wildman–Crippen LogP) is 4.51. The minimum absolute atomic E-state index is 0.0768. The van der Waals surface area contributed by atoms with Gasteiger partial charge in [0.1, 0.15) is 0 Å². The monoisotopic (exact) mass is 312 g/mol. The summed E-state index contributed by atoms with van der Waals surface area (Å²) in [7, 11) is 0. The summed E-state index contributed by atoms with van der Waals surface area (Å²) < 4.78 is 2.31. The smallest absolute Gasteiger partial charge is 0.225 e. The lowest BCUT2D eigenvalue weighted by molar-refractivity contribution is -0.115. The first-order valence-corrected chi connectivity index (χ1v) is 8.93. The fourth-order valence-corrected chi connectivity index (χ4v) is 3.28. The zero-order chi connectivity index (χ0) is 15.5. The molecule has 1 N–H and O–H groups in total. The maximum Gasteiger partial charge on any atom is 0.225 e. The van der Waals surface area contributed by atoms with E-state index in [1.807, 2.05) is 12.3 Å². The highest BCUT2D eigenvalue weighted by Crippen LogP contribution is 2.30. The van der Waals surface area contributed by atoms with E-state index in [2.05, 4.69) is 53.2 Å². The molecule has 0 aliphatic heterocycles. The Labute approximate surface area is 134 Å². The number of para-hydroxylation sites is 1. The van der Waals surface area contributed by atoms with Crippen LogP contribution in [-0.2, 0) is 11.3 Å². The van der Waals surface area contributed by atoms with Crippen LogP contribution in [0.2, 0.25) is 0 Å². The second-order valence-corrected chi connectivity index (χ2v) is 6.27. The number of amides is 1. The number of hydrogen-bond acceptors (Lipinski definition) is 2. The van der Waals surface area contributed by atoms with Crippen molar-refractivity contribution in [3.63, 3.8) is 0 Å². The first-order chi connectivity index (χ1) is 10.7. The molecule has 0 unspecified atom stereocenters. The van der Waals surface area contributed by atoms with Crippen molar-refractivity contribution < 1.29 is 4.79 Å². The van der Waals surface area contributed by atoms with Crippen LogP contribution in [-0.4, -0.2) is 22.5 Å². The second-order valence-electron chi connectivity index (χ2n) is 5.28. The normalized spacial score (nSPS) is 11.2. The van der Waals surface area contributed by atoms with Gasteiger partial charge < -0.3 is 9.88 Å². The fraction of sp³-hybridized carbons (Fsp3) is 0.278. The number of thioether (sulfide) groups is 1. The SMILES string of the molecule is CCn1c2ccccc2c2cc(NC(=O)CCSC)ccc21. The molecule has 3 nitrogen and oxygen atoms in total. The number of hydrogen-bond donors (Lipinski definition) is 1. The number of benzene rings is 2. The minimum atomic E-state index is 0.0768. The second kappa shape index (κ2) is 6.44. The highest BCUT2D eigenvalue weighted by molar-refractivity contribution is 7.98. The molecule has 114 valence electrons. The summed E-state index contributed by atoms with van der Waals surface area (Å²) in [4.78, 5) is 11.9. The molecule has 0 saturated heterocycles. The minimum Gasteiger partial charge on any atom is -0.341 e. The largest absolute Gasteiger partial charge is 0.341 e.